The Morgan fingerprint density at radius 3 is 2.64 bits per heavy atom. The van der Waals surface area contributed by atoms with E-state index in [1.165, 1.54) is 38.5 Å². The summed E-state index contributed by atoms with van der Waals surface area (Å²) in [6, 6.07) is 0. The lowest BCUT2D eigenvalue weighted by molar-refractivity contribution is -0.115. The number of fused-ring (bicyclic) bond motifs is 4. The Kier molecular flexibility index (Phi) is 1.81. The minimum atomic E-state index is -0.258. The average Bonchev–Trinajstić information content (AvgIpc) is 2.03. The van der Waals surface area contributed by atoms with Crippen molar-refractivity contribution in [2.24, 2.45) is 17.3 Å². The molecule has 3 fully saturated rings. The number of hydrogen-bond donors (Lipinski definition) is 1. The lowest BCUT2D eigenvalue weighted by Crippen LogP contribution is -2.49. The summed E-state index contributed by atoms with van der Waals surface area (Å²) in [4.78, 5) is 0. The molecule has 1 nitrogen and oxygen atoms in total. The van der Waals surface area contributed by atoms with Gasteiger partial charge in [-0.15, -0.1) is 0 Å². The zero-order chi connectivity index (χ0) is 9.81. The third-order valence-corrected chi connectivity index (χ3v) is 5.35. The Bertz CT molecular complexity index is 250. The number of hydrogen-bond acceptors (Lipinski definition) is 1. The van der Waals surface area contributed by atoms with Crippen LogP contribution in [0.5, 0.6) is 0 Å². The Labute approximate surface area is 86.9 Å². The fraction of sp³-hybridized carbons (Fsp3) is 1.00. The number of rotatable bonds is 0. The van der Waals surface area contributed by atoms with Crippen LogP contribution in [0.2, 0.25) is 0 Å². The van der Waals surface area contributed by atoms with Gasteiger partial charge in [-0.25, -0.2) is 0 Å². The van der Waals surface area contributed by atoms with Crippen molar-refractivity contribution in [2.45, 2.75) is 63.9 Å². The van der Waals surface area contributed by atoms with Crippen molar-refractivity contribution in [3.05, 3.63) is 0 Å². The zero-order valence-electron chi connectivity index (χ0n) is 9.26. The fourth-order valence-corrected chi connectivity index (χ4v) is 4.42. The topological polar surface area (TPSA) is 20.2 Å². The molecule has 0 saturated heterocycles. The van der Waals surface area contributed by atoms with Crippen molar-refractivity contribution in [2.75, 3.05) is 0 Å². The summed E-state index contributed by atoms with van der Waals surface area (Å²) in [6.07, 6.45) is 10.3. The molecule has 0 aromatic rings. The molecular formula is C13H22O. The van der Waals surface area contributed by atoms with Crippen LogP contribution >= 0.6 is 0 Å². The molecule has 0 aromatic heterocycles. The van der Waals surface area contributed by atoms with Crippen LogP contribution in [0.1, 0.15) is 58.3 Å². The largest absolute Gasteiger partial charge is 0.390 e. The SMILES string of the molecule is CC12CCCC(O)(C1)C1CCC1CC2. The molecule has 1 N–H and O–H groups in total. The van der Waals surface area contributed by atoms with E-state index < -0.39 is 0 Å². The molecule has 3 saturated carbocycles. The van der Waals surface area contributed by atoms with Crippen LogP contribution in [0.15, 0.2) is 0 Å². The van der Waals surface area contributed by atoms with Crippen molar-refractivity contribution in [1.29, 1.82) is 0 Å². The van der Waals surface area contributed by atoms with Crippen molar-refractivity contribution < 1.29 is 5.11 Å². The smallest absolute Gasteiger partial charge is 0.0683 e. The van der Waals surface area contributed by atoms with Gasteiger partial charge in [-0.1, -0.05) is 13.3 Å². The van der Waals surface area contributed by atoms with Crippen LogP contribution in [0.3, 0.4) is 0 Å². The van der Waals surface area contributed by atoms with E-state index in [2.05, 4.69) is 6.92 Å². The standard InChI is InChI=1S/C13H22O/c1-12-6-2-7-13(14,9-12)11-4-3-10(11)5-8-12/h10-11,14H,2-9H2,1H3. The van der Waals surface area contributed by atoms with Crippen LogP contribution in [-0.4, -0.2) is 10.7 Å². The highest BCUT2D eigenvalue weighted by molar-refractivity contribution is 5.04. The van der Waals surface area contributed by atoms with Crippen molar-refractivity contribution in [1.82, 2.24) is 0 Å². The van der Waals surface area contributed by atoms with Crippen LogP contribution in [0.25, 0.3) is 0 Å². The molecule has 0 amide bonds. The first-order valence-electron chi connectivity index (χ1n) is 6.34. The summed E-state index contributed by atoms with van der Waals surface area (Å²) in [5.41, 5.74) is 0.219. The van der Waals surface area contributed by atoms with Crippen LogP contribution < -0.4 is 0 Å². The molecule has 3 aliphatic carbocycles. The van der Waals surface area contributed by atoms with Gasteiger partial charge < -0.3 is 5.11 Å². The van der Waals surface area contributed by atoms with Gasteiger partial charge in [0.1, 0.15) is 0 Å². The molecular weight excluding hydrogens is 172 g/mol. The lowest BCUT2D eigenvalue weighted by atomic mass is 9.59. The second kappa shape index (κ2) is 2.75. The van der Waals surface area contributed by atoms with Crippen molar-refractivity contribution >= 4 is 0 Å². The summed E-state index contributed by atoms with van der Waals surface area (Å²) < 4.78 is 0. The van der Waals surface area contributed by atoms with Crippen LogP contribution in [0.4, 0.5) is 0 Å². The van der Waals surface area contributed by atoms with Crippen molar-refractivity contribution in [3.8, 4) is 0 Å². The Balaban J connectivity index is 1.92. The third-order valence-electron chi connectivity index (χ3n) is 5.35. The first-order valence-corrected chi connectivity index (χ1v) is 6.34. The Hall–Kier alpha value is -0.0400. The summed E-state index contributed by atoms with van der Waals surface area (Å²) in [5, 5.41) is 10.7. The Morgan fingerprint density at radius 1 is 1.07 bits per heavy atom. The highest BCUT2D eigenvalue weighted by atomic mass is 16.3. The van der Waals surface area contributed by atoms with E-state index in [1.54, 1.807) is 0 Å². The first-order chi connectivity index (χ1) is 6.61. The van der Waals surface area contributed by atoms with Gasteiger partial charge >= 0.3 is 0 Å². The van der Waals surface area contributed by atoms with Gasteiger partial charge in [-0.05, 0) is 62.2 Å². The van der Waals surface area contributed by atoms with Gasteiger partial charge in [-0.2, -0.15) is 0 Å². The second-order valence-corrected chi connectivity index (χ2v) is 6.43. The molecule has 4 unspecified atom stereocenters. The molecule has 4 atom stereocenters. The Morgan fingerprint density at radius 2 is 1.93 bits per heavy atom. The third kappa shape index (κ3) is 1.18. The minimum Gasteiger partial charge on any atom is -0.390 e. The monoisotopic (exact) mass is 194 g/mol. The molecule has 14 heavy (non-hydrogen) atoms. The van der Waals surface area contributed by atoms with Crippen molar-refractivity contribution in [3.63, 3.8) is 0 Å². The summed E-state index contributed by atoms with van der Waals surface area (Å²) in [6.45, 7) is 2.40. The summed E-state index contributed by atoms with van der Waals surface area (Å²) in [7, 11) is 0. The molecule has 0 spiro atoms. The summed E-state index contributed by atoms with van der Waals surface area (Å²) >= 11 is 0. The number of aliphatic hydroxyl groups is 1. The zero-order valence-corrected chi connectivity index (χ0v) is 9.26. The molecule has 0 aromatic carbocycles. The molecule has 1 heteroatoms. The van der Waals surface area contributed by atoms with E-state index in [1.807, 2.05) is 0 Å². The average molecular weight is 194 g/mol. The molecule has 80 valence electrons. The predicted octanol–water partition coefficient (Wildman–Crippen LogP) is 3.12. The maximum Gasteiger partial charge on any atom is 0.0683 e. The molecule has 2 bridgehead atoms. The van der Waals surface area contributed by atoms with E-state index in [9.17, 15) is 5.11 Å². The highest BCUT2D eigenvalue weighted by Crippen LogP contribution is 2.58. The summed E-state index contributed by atoms with van der Waals surface area (Å²) in [5.74, 6) is 1.55. The maximum atomic E-state index is 10.7. The van der Waals surface area contributed by atoms with Gasteiger partial charge in [0, 0.05) is 0 Å². The normalized spacial score (nSPS) is 57.0. The van der Waals surface area contributed by atoms with Gasteiger partial charge in [0.15, 0.2) is 0 Å². The van der Waals surface area contributed by atoms with E-state index in [0.29, 0.717) is 11.3 Å². The highest BCUT2D eigenvalue weighted by Gasteiger charge is 2.53. The van der Waals surface area contributed by atoms with Gasteiger partial charge in [0.25, 0.3) is 0 Å². The molecule has 3 rings (SSSR count). The minimum absolute atomic E-state index is 0.258. The molecule has 0 heterocycles. The van der Waals surface area contributed by atoms with Crippen LogP contribution in [0, 0.1) is 17.3 Å². The fourth-order valence-electron chi connectivity index (χ4n) is 4.42. The van der Waals surface area contributed by atoms with E-state index in [4.69, 9.17) is 0 Å². The van der Waals surface area contributed by atoms with Gasteiger partial charge in [0.05, 0.1) is 5.60 Å². The van der Waals surface area contributed by atoms with E-state index in [0.717, 1.165) is 18.8 Å². The molecule has 0 radical (unpaired) electrons. The van der Waals surface area contributed by atoms with Gasteiger partial charge in [-0.3, -0.25) is 0 Å². The second-order valence-electron chi connectivity index (χ2n) is 6.43. The van der Waals surface area contributed by atoms with E-state index >= 15 is 0 Å². The first kappa shape index (κ1) is 9.21. The lowest BCUT2D eigenvalue weighted by Gasteiger charge is -2.49. The molecule has 0 aliphatic heterocycles. The quantitative estimate of drug-likeness (QED) is 0.628. The predicted molar refractivity (Wildman–Crippen MR) is 57.0 cm³/mol. The maximum absolute atomic E-state index is 10.7. The van der Waals surface area contributed by atoms with Crippen LogP contribution in [-0.2, 0) is 0 Å². The van der Waals surface area contributed by atoms with Gasteiger partial charge in [0.2, 0.25) is 0 Å². The van der Waals surface area contributed by atoms with E-state index in [-0.39, 0.29) is 5.60 Å². The molecule has 3 aliphatic rings.